The lowest BCUT2D eigenvalue weighted by Crippen LogP contribution is -2.11. The first kappa shape index (κ1) is 22.2. The first-order chi connectivity index (χ1) is 12.4. The Kier molecular flexibility index (Phi) is 9.35. The summed E-state index contributed by atoms with van der Waals surface area (Å²) < 4.78 is 11.9. The highest BCUT2D eigenvalue weighted by Gasteiger charge is 2.20. The van der Waals surface area contributed by atoms with E-state index in [1.807, 2.05) is 13.8 Å². The lowest BCUT2D eigenvalue weighted by Gasteiger charge is -2.21. The third-order valence-electron chi connectivity index (χ3n) is 5.12. The van der Waals surface area contributed by atoms with E-state index >= 15 is 0 Å². The highest BCUT2D eigenvalue weighted by molar-refractivity contribution is 5.80. The van der Waals surface area contributed by atoms with E-state index in [1.54, 1.807) is 0 Å². The summed E-state index contributed by atoms with van der Waals surface area (Å²) >= 11 is 0. The lowest BCUT2D eigenvalue weighted by molar-refractivity contribution is 0.0787. The fourth-order valence-corrected chi connectivity index (χ4v) is 2.72. The van der Waals surface area contributed by atoms with Gasteiger partial charge < -0.3 is 9.47 Å². The second-order valence-electron chi connectivity index (χ2n) is 7.19. The number of rotatable bonds is 10. The largest absolute Gasteiger partial charge is 0.377 e. The second-order valence-corrected chi connectivity index (χ2v) is 7.19. The summed E-state index contributed by atoms with van der Waals surface area (Å²) in [6, 6.07) is 0. The molecule has 0 aliphatic carbocycles. The van der Waals surface area contributed by atoms with E-state index in [2.05, 4.69) is 37.4 Å². The second kappa shape index (κ2) is 11.0. The van der Waals surface area contributed by atoms with Crippen molar-refractivity contribution in [3.8, 4) is 0 Å². The van der Waals surface area contributed by atoms with Gasteiger partial charge in [0.2, 0.25) is 0 Å². The van der Waals surface area contributed by atoms with Crippen LogP contribution in [-0.4, -0.2) is 13.2 Å². The Morgan fingerprint density at radius 2 is 1.12 bits per heavy atom. The summed E-state index contributed by atoms with van der Waals surface area (Å²) in [6.07, 6.45) is 2.15. The Hall–Kier alpha value is -1.88. The minimum atomic E-state index is 0.449. The Bertz CT molecular complexity index is 624. The number of hydrogen-bond donors (Lipinski definition) is 0. The number of hydrogen-bond acceptors (Lipinski definition) is 2. The molecule has 0 amide bonds. The van der Waals surface area contributed by atoms with Gasteiger partial charge in [-0.1, -0.05) is 65.5 Å². The topological polar surface area (TPSA) is 27.2 Å². The van der Waals surface area contributed by atoms with Gasteiger partial charge in [0.05, 0.1) is 26.4 Å². The zero-order valence-electron chi connectivity index (χ0n) is 17.1. The van der Waals surface area contributed by atoms with E-state index < -0.39 is 0 Å². The maximum atomic E-state index is 7.50. The van der Waals surface area contributed by atoms with Crippen LogP contribution in [0.25, 0.3) is 9.69 Å². The Morgan fingerprint density at radius 3 is 1.38 bits per heavy atom. The molecule has 1 aromatic rings. The van der Waals surface area contributed by atoms with Gasteiger partial charge in [-0.2, -0.15) is 0 Å². The van der Waals surface area contributed by atoms with Crippen molar-refractivity contribution in [3.63, 3.8) is 0 Å². The average molecular weight is 357 g/mol. The van der Waals surface area contributed by atoms with E-state index in [4.69, 9.17) is 22.6 Å². The molecule has 0 spiro atoms. The minimum absolute atomic E-state index is 0.449. The van der Waals surface area contributed by atoms with Gasteiger partial charge in [0.25, 0.3) is 0 Å². The maximum Gasteiger partial charge on any atom is 0.198 e. The third kappa shape index (κ3) is 5.56. The van der Waals surface area contributed by atoms with E-state index in [0.29, 0.717) is 49.6 Å². The highest BCUT2D eigenvalue weighted by atomic mass is 16.5. The molecule has 1 aromatic carbocycles. The van der Waals surface area contributed by atoms with Crippen LogP contribution in [0.4, 0.5) is 11.4 Å². The van der Waals surface area contributed by atoms with Gasteiger partial charge in [-0.05, 0) is 23.0 Å². The number of benzene rings is 1. The lowest BCUT2D eigenvalue weighted by atomic mass is 9.94. The van der Waals surface area contributed by atoms with Crippen LogP contribution in [0.1, 0.15) is 62.8 Å². The molecule has 0 radical (unpaired) electrons. The van der Waals surface area contributed by atoms with Crippen molar-refractivity contribution in [2.45, 2.75) is 67.6 Å². The van der Waals surface area contributed by atoms with Gasteiger partial charge in [-0.3, -0.25) is 0 Å². The molecule has 1 rings (SSSR count). The Morgan fingerprint density at radius 1 is 0.769 bits per heavy atom. The maximum absolute atomic E-state index is 7.50. The fourth-order valence-electron chi connectivity index (χ4n) is 2.72. The highest BCUT2D eigenvalue weighted by Crippen LogP contribution is 2.40. The average Bonchev–Trinajstić information content (AvgIpc) is 2.65. The number of nitrogens with zero attached hydrogens (tertiary/aromatic N) is 2. The van der Waals surface area contributed by atoms with Gasteiger partial charge >= 0.3 is 0 Å². The summed E-state index contributed by atoms with van der Waals surface area (Å²) in [5, 5.41) is 0. The molecule has 0 bridgehead atoms. The molecular weight excluding hydrogens is 324 g/mol. The summed E-state index contributed by atoms with van der Waals surface area (Å²) in [7, 11) is 0. The monoisotopic (exact) mass is 356 g/mol. The standard InChI is InChI=1S/C22H32N2O2/c1-9-15(3)11-25-13-19-17(5)21(23-7)22(24-8)18(6)20(19)14-26-12-16(4)10-2/h15-16H,9-14H2,1-6H3/t15-,16-/m1/s1. The van der Waals surface area contributed by atoms with Crippen molar-refractivity contribution < 1.29 is 9.47 Å². The quantitative estimate of drug-likeness (QED) is 0.446. The van der Waals surface area contributed by atoms with Crippen molar-refractivity contribution in [2.75, 3.05) is 13.2 Å². The molecule has 26 heavy (non-hydrogen) atoms. The third-order valence-corrected chi connectivity index (χ3v) is 5.12. The van der Waals surface area contributed by atoms with Crippen LogP contribution in [-0.2, 0) is 22.7 Å². The first-order valence-electron chi connectivity index (χ1n) is 9.46. The molecule has 142 valence electrons. The van der Waals surface area contributed by atoms with Crippen LogP contribution in [0.2, 0.25) is 0 Å². The van der Waals surface area contributed by atoms with Crippen molar-refractivity contribution in [2.24, 2.45) is 11.8 Å². The van der Waals surface area contributed by atoms with E-state index in [-0.39, 0.29) is 0 Å². The molecular formula is C22H32N2O2. The number of ether oxygens (including phenoxy) is 2. The molecule has 0 aliphatic rings. The molecule has 0 unspecified atom stereocenters. The SMILES string of the molecule is [C-]#[N+]c1c(C)c(COC[C@H](C)CC)c(COC[C@H](C)CC)c(C)c1[N+]#[C-]. The smallest absolute Gasteiger partial charge is 0.198 e. The zero-order valence-corrected chi connectivity index (χ0v) is 17.1. The van der Waals surface area contributed by atoms with Crippen molar-refractivity contribution in [1.82, 2.24) is 0 Å². The van der Waals surface area contributed by atoms with Crippen molar-refractivity contribution >= 4 is 11.4 Å². The summed E-state index contributed by atoms with van der Waals surface area (Å²) in [5.74, 6) is 1.01. The van der Waals surface area contributed by atoms with E-state index in [9.17, 15) is 0 Å². The molecule has 0 saturated carbocycles. The van der Waals surface area contributed by atoms with Crippen LogP contribution in [0.3, 0.4) is 0 Å². The predicted octanol–water partition coefficient (Wildman–Crippen LogP) is 6.53. The normalized spacial score (nSPS) is 13.1. The summed E-state index contributed by atoms with van der Waals surface area (Å²) in [5.41, 5.74) is 4.61. The van der Waals surface area contributed by atoms with Crippen molar-refractivity contribution in [1.29, 1.82) is 0 Å². The molecule has 2 atom stereocenters. The molecule has 4 heteroatoms. The molecule has 0 fully saturated rings. The van der Waals surface area contributed by atoms with Gasteiger partial charge in [0.1, 0.15) is 0 Å². The van der Waals surface area contributed by atoms with Gasteiger partial charge in [0, 0.05) is 13.2 Å². The fraction of sp³-hybridized carbons (Fsp3) is 0.636. The molecule has 0 aromatic heterocycles. The Balaban J connectivity index is 3.19. The van der Waals surface area contributed by atoms with Gasteiger partial charge in [0.15, 0.2) is 11.4 Å². The van der Waals surface area contributed by atoms with E-state index in [1.165, 1.54) is 0 Å². The first-order valence-corrected chi connectivity index (χ1v) is 9.46. The molecule has 0 aliphatic heterocycles. The van der Waals surface area contributed by atoms with Crippen LogP contribution in [0.15, 0.2) is 0 Å². The summed E-state index contributed by atoms with van der Waals surface area (Å²) in [4.78, 5) is 7.25. The zero-order chi connectivity index (χ0) is 19.7. The Labute approximate surface area is 159 Å². The molecule has 0 heterocycles. The van der Waals surface area contributed by atoms with Gasteiger partial charge in [-0.15, -0.1) is 0 Å². The predicted molar refractivity (Wildman–Crippen MR) is 107 cm³/mol. The minimum Gasteiger partial charge on any atom is -0.377 e. The van der Waals surface area contributed by atoms with Crippen LogP contribution in [0.5, 0.6) is 0 Å². The van der Waals surface area contributed by atoms with Gasteiger partial charge in [-0.25, -0.2) is 9.69 Å². The summed E-state index contributed by atoms with van der Waals surface area (Å²) in [6.45, 7) is 29.8. The van der Waals surface area contributed by atoms with E-state index in [0.717, 1.165) is 35.1 Å². The molecule has 0 N–H and O–H groups in total. The van der Waals surface area contributed by atoms with Crippen LogP contribution < -0.4 is 0 Å². The van der Waals surface area contributed by atoms with Crippen LogP contribution >= 0.6 is 0 Å². The molecule has 0 saturated heterocycles. The molecule has 4 nitrogen and oxygen atoms in total. The van der Waals surface area contributed by atoms with Crippen molar-refractivity contribution in [3.05, 3.63) is 45.1 Å². The van der Waals surface area contributed by atoms with Crippen LogP contribution in [0, 0.1) is 38.8 Å².